The van der Waals surface area contributed by atoms with Gasteiger partial charge in [-0.3, -0.25) is 0 Å². The number of nitrogens with zero attached hydrogens (tertiary/aromatic N) is 1. The van der Waals surface area contributed by atoms with Gasteiger partial charge in [0.1, 0.15) is 12.4 Å². The summed E-state index contributed by atoms with van der Waals surface area (Å²) < 4.78 is 6.81. The van der Waals surface area contributed by atoms with Crippen molar-refractivity contribution in [3.05, 3.63) is 63.2 Å². The zero-order chi connectivity index (χ0) is 12.1. The van der Waals surface area contributed by atoms with E-state index in [1.807, 2.05) is 36.4 Å². The Labute approximate surface area is 114 Å². The molecule has 84 valence electrons. The number of hydrogen-bond donors (Lipinski definition) is 0. The molecule has 0 fully saturated rings. The van der Waals surface area contributed by atoms with Gasteiger partial charge in [0.25, 0.3) is 0 Å². The van der Waals surface area contributed by atoms with E-state index in [9.17, 15) is 0 Å². The minimum atomic E-state index is 0.520. The molecule has 0 aromatic heterocycles. The van der Waals surface area contributed by atoms with Crippen molar-refractivity contribution in [2.75, 3.05) is 0 Å². The van der Waals surface area contributed by atoms with Crippen LogP contribution in [0.5, 0.6) is 5.75 Å². The number of benzene rings is 2. The van der Waals surface area contributed by atoms with Gasteiger partial charge in [-0.25, -0.2) is 0 Å². The molecule has 0 aliphatic heterocycles. The van der Waals surface area contributed by atoms with E-state index in [4.69, 9.17) is 10.00 Å². The molecule has 0 saturated heterocycles. The molecule has 2 aromatic carbocycles. The monoisotopic (exact) mass is 335 g/mol. The highest BCUT2D eigenvalue weighted by Gasteiger charge is 1.97. The first-order chi connectivity index (χ1) is 8.28. The summed E-state index contributed by atoms with van der Waals surface area (Å²) in [4.78, 5) is 0. The minimum absolute atomic E-state index is 0.520. The molecule has 0 aliphatic rings. The Hall–Kier alpha value is -1.54. The van der Waals surface area contributed by atoms with Crippen LogP contribution in [-0.4, -0.2) is 0 Å². The van der Waals surface area contributed by atoms with Crippen molar-refractivity contribution in [1.82, 2.24) is 0 Å². The Morgan fingerprint density at radius 3 is 2.53 bits per heavy atom. The quantitative estimate of drug-likeness (QED) is 0.801. The predicted molar refractivity (Wildman–Crippen MR) is 74.6 cm³/mol. The Bertz CT molecular complexity index is 543. The predicted octanol–water partition coefficient (Wildman–Crippen LogP) is 3.74. The van der Waals surface area contributed by atoms with Crippen molar-refractivity contribution in [2.24, 2.45) is 0 Å². The fourth-order valence-corrected chi connectivity index (χ4v) is 1.91. The molecule has 0 N–H and O–H groups in total. The van der Waals surface area contributed by atoms with Crippen LogP contribution < -0.4 is 4.74 Å². The van der Waals surface area contributed by atoms with Crippen LogP contribution in [0.25, 0.3) is 0 Å². The van der Waals surface area contributed by atoms with E-state index < -0.39 is 0 Å². The summed E-state index contributed by atoms with van der Waals surface area (Å²) in [5.41, 5.74) is 1.73. The fourth-order valence-electron chi connectivity index (χ4n) is 1.40. The largest absolute Gasteiger partial charge is 0.489 e. The van der Waals surface area contributed by atoms with Gasteiger partial charge in [0.15, 0.2) is 0 Å². The highest BCUT2D eigenvalue weighted by atomic mass is 127. The number of hydrogen-bond acceptors (Lipinski definition) is 2. The lowest BCUT2D eigenvalue weighted by Crippen LogP contribution is -1.95. The molecule has 0 amide bonds. The molecule has 0 bridgehead atoms. The van der Waals surface area contributed by atoms with Gasteiger partial charge in [-0.1, -0.05) is 18.2 Å². The van der Waals surface area contributed by atoms with Gasteiger partial charge >= 0.3 is 0 Å². The molecule has 2 nitrogen and oxygen atoms in total. The Morgan fingerprint density at radius 2 is 1.88 bits per heavy atom. The van der Waals surface area contributed by atoms with Crippen LogP contribution in [-0.2, 0) is 6.61 Å². The van der Waals surface area contributed by atoms with Gasteiger partial charge in [0.2, 0.25) is 0 Å². The first kappa shape index (κ1) is 11.9. The normalized spacial score (nSPS) is 9.65. The zero-order valence-electron chi connectivity index (χ0n) is 9.06. The maximum absolute atomic E-state index is 8.68. The van der Waals surface area contributed by atoms with Crippen LogP contribution in [0.1, 0.15) is 11.1 Å². The van der Waals surface area contributed by atoms with Crippen LogP contribution in [0.4, 0.5) is 0 Å². The number of halogens is 1. The van der Waals surface area contributed by atoms with Crippen molar-refractivity contribution in [3.63, 3.8) is 0 Å². The van der Waals surface area contributed by atoms with Crippen LogP contribution in [0.2, 0.25) is 0 Å². The van der Waals surface area contributed by atoms with E-state index in [0.29, 0.717) is 12.2 Å². The van der Waals surface area contributed by atoms with Crippen molar-refractivity contribution in [2.45, 2.75) is 6.61 Å². The zero-order valence-corrected chi connectivity index (χ0v) is 11.2. The standard InChI is InChI=1S/C14H10INO/c15-13-2-1-3-14(8-13)17-10-12-6-4-11(9-16)5-7-12/h1-8H,10H2. The van der Waals surface area contributed by atoms with E-state index in [1.165, 1.54) is 0 Å². The molecule has 0 aliphatic carbocycles. The van der Waals surface area contributed by atoms with E-state index >= 15 is 0 Å². The Balaban J connectivity index is 2.00. The van der Waals surface area contributed by atoms with Gasteiger partial charge in [0, 0.05) is 3.57 Å². The number of rotatable bonds is 3. The third-order valence-corrected chi connectivity index (χ3v) is 2.96. The van der Waals surface area contributed by atoms with Gasteiger partial charge in [-0.05, 0) is 58.5 Å². The fraction of sp³-hybridized carbons (Fsp3) is 0.0714. The Morgan fingerprint density at radius 1 is 1.12 bits per heavy atom. The summed E-state index contributed by atoms with van der Waals surface area (Å²) in [6.45, 7) is 0.520. The second-order valence-electron chi connectivity index (χ2n) is 3.55. The molecule has 17 heavy (non-hydrogen) atoms. The molecular formula is C14H10INO. The smallest absolute Gasteiger partial charge is 0.120 e. The molecule has 3 heteroatoms. The number of nitriles is 1. The van der Waals surface area contributed by atoms with Crippen LogP contribution >= 0.6 is 22.6 Å². The van der Waals surface area contributed by atoms with E-state index in [-0.39, 0.29) is 0 Å². The minimum Gasteiger partial charge on any atom is -0.489 e. The molecule has 0 saturated carbocycles. The van der Waals surface area contributed by atoms with E-state index in [1.54, 1.807) is 12.1 Å². The summed E-state index contributed by atoms with van der Waals surface area (Å²) in [5, 5.41) is 8.68. The first-order valence-corrected chi connectivity index (χ1v) is 6.23. The van der Waals surface area contributed by atoms with Crippen molar-refractivity contribution in [3.8, 4) is 11.8 Å². The molecule has 0 unspecified atom stereocenters. The molecule has 0 spiro atoms. The molecule has 2 aromatic rings. The van der Waals surface area contributed by atoms with Gasteiger partial charge < -0.3 is 4.74 Å². The van der Waals surface area contributed by atoms with Gasteiger partial charge in [-0.15, -0.1) is 0 Å². The number of ether oxygens (including phenoxy) is 1. The molecule has 0 radical (unpaired) electrons. The van der Waals surface area contributed by atoms with Crippen molar-refractivity contribution >= 4 is 22.6 Å². The first-order valence-electron chi connectivity index (χ1n) is 5.15. The van der Waals surface area contributed by atoms with Crippen molar-refractivity contribution in [1.29, 1.82) is 5.26 Å². The maximum atomic E-state index is 8.68. The lowest BCUT2D eigenvalue weighted by molar-refractivity contribution is 0.306. The average molecular weight is 335 g/mol. The summed E-state index contributed by atoms with van der Waals surface area (Å²) >= 11 is 2.25. The SMILES string of the molecule is N#Cc1ccc(COc2cccc(I)c2)cc1. The average Bonchev–Trinajstić information content (AvgIpc) is 2.37. The molecule has 0 heterocycles. The lowest BCUT2D eigenvalue weighted by Gasteiger charge is -2.06. The summed E-state index contributed by atoms with van der Waals surface area (Å²) in [7, 11) is 0. The molecule has 2 rings (SSSR count). The van der Waals surface area contributed by atoms with Crippen LogP contribution in [0, 0.1) is 14.9 Å². The van der Waals surface area contributed by atoms with Crippen LogP contribution in [0.15, 0.2) is 48.5 Å². The maximum Gasteiger partial charge on any atom is 0.120 e. The third-order valence-electron chi connectivity index (χ3n) is 2.28. The van der Waals surface area contributed by atoms with Crippen molar-refractivity contribution < 1.29 is 4.74 Å². The van der Waals surface area contributed by atoms with Gasteiger partial charge in [0.05, 0.1) is 11.6 Å². The third kappa shape index (κ3) is 3.46. The Kier molecular flexibility index (Phi) is 3.99. The second-order valence-corrected chi connectivity index (χ2v) is 4.80. The highest BCUT2D eigenvalue weighted by molar-refractivity contribution is 14.1. The summed E-state index contributed by atoms with van der Waals surface area (Å²) in [6, 6.07) is 17.4. The molecule has 0 atom stereocenters. The second kappa shape index (κ2) is 5.69. The highest BCUT2D eigenvalue weighted by Crippen LogP contribution is 2.16. The van der Waals surface area contributed by atoms with Gasteiger partial charge in [-0.2, -0.15) is 5.26 Å². The molecular weight excluding hydrogens is 325 g/mol. The summed E-state index contributed by atoms with van der Waals surface area (Å²) in [5.74, 6) is 0.862. The van der Waals surface area contributed by atoms with E-state index in [0.717, 1.165) is 14.9 Å². The summed E-state index contributed by atoms with van der Waals surface area (Å²) in [6.07, 6.45) is 0. The van der Waals surface area contributed by atoms with Crippen LogP contribution in [0.3, 0.4) is 0 Å². The topological polar surface area (TPSA) is 33.0 Å². The lowest BCUT2D eigenvalue weighted by atomic mass is 10.2. The van der Waals surface area contributed by atoms with E-state index in [2.05, 4.69) is 28.7 Å².